The maximum atomic E-state index is 5.43. The van der Waals surface area contributed by atoms with Crippen LogP contribution in [0.2, 0.25) is 0 Å². The molecule has 0 amide bonds. The van der Waals surface area contributed by atoms with Gasteiger partial charge in [-0.1, -0.05) is 31.2 Å². The molecule has 0 saturated carbocycles. The lowest BCUT2D eigenvalue weighted by Gasteiger charge is -2.02. The molecule has 2 N–H and O–H groups in total. The van der Waals surface area contributed by atoms with Crippen molar-refractivity contribution in [3.05, 3.63) is 35.4 Å². The van der Waals surface area contributed by atoms with Crippen molar-refractivity contribution in [3.63, 3.8) is 0 Å². The van der Waals surface area contributed by atoms with E-state index in [0.717, 1.165) is 25.1 Å². The van der Waals surface area contributed by atoms with E-state index >= 15 is 0 Å². The van der Waals surface area contributed by atoms with Crippen LogP contribution in [-0.2, 0) is 12.8 Å². The topological polar surface area (TPSA) is 26.0 Å². The first-order valence-corrected chi connectivity index (χ1v) is 6.38. The van der Waals surface area contributed by atoms with E-state index in [1.54, 1.807) is 0 Å². The van der Waals surface area contributed by atoms with Gasteiger partial charge in [-0.2, -0.15) is 11.8 Å². The largest absolute Gasteiger partial charge is 0.330 e. The summed E-state index contributed by atoms with van der Waals surface area (Å²) in [5.74, 6) is 2.26. The Morgan fingerprint density at radius 3 is 2.29 bits per heavy atom. The third-order valence-electron chi connectivity index (χ3n) is 2.23. The summed E-state index contributed by atoms with van der Waals surface area (Å²) in [4.78, 5) is 0. The van der Waals surface area contributed by atoms with Gasteiger partial charge in [0.25, 0.3) is 0 Å². The van der Waals surface area contributed by atoms with Crippen LogP contribution in [0.3, 0.4) is 0 Å². The second-order valence-corrected chi connectivity index (χ2v) is 4.55. The van der Waals surface area contributed by atoms with Gasteiger partial charge < -0.3 is 5.73 Å². The predicted octanol–water partition coefficient (Wildman–Crippen LogP) is 2.48. The Morgan fingerprint density at radius 2 is 1.71 bits per heavy atom. The molecule has 0 heterocycles. The molecule has 0 unspecified atom stereocenters. The SMILES string of the molecule is CCc1ccc(CCSCCN)cc1. The minimum absolute atomic E-state index is 0.791. The number of thioether (sulfide) groups is 1. The fourth-order valence-corrected chi connectivity index (χ4v) is 2.07. The van der Waals surface area contributed by atoms with Gasteiger partial charge in [-0.25, -0.2) is 0 Å². The minimum Gasteiger partial charge on any atom is -0.330 e. The zero-order valence-electron chi connectivity index (χ0n) is 8.83. The van der Waals surface area contributed by atoms with Crippen LogP contribution in [-0.4, -0.2) is 18.1 Å². The van der Waals surface area contributed by atoms with Crippen molar-refractivity contribution in [3.8, 4) is 0 Å². The van der Waals surface area contributed by atoms with E-state index in [1.807, 2.05) is 11.8 Å². The molecule has 0 fully saturated rings. The highest BCUT2D eigenvalue weighted by molar-refractivity contribution is 7.99. The normalized spacial score (nSPS) is 10.4. The lowest BCUT2D eigenvalue weighted by Crippen LogP contribution is -2.02. The summed E-state index contributed by atoms with van der Waals surface area (Å²) in [5.41, 5.74) is 8.28. The minimum atomic E-state index is 0.791. The van der Waals surface area contributed by atoms with Crippen LogP contribution in [0.4, 0.5) is 0 Å². The number of hydrogen-bond donors (Lipinski definition) is 1. The Morgan fingerprint density at radius 1 is 1.07 bits per heavy atom. The van der Waals surface area contributed by atoms with Crippen molar-refractivity contribution in [2.45, 2.75) is 19.8 Å². The van der Waals surface area contributed by atoms with E-state index in [0.29, 0.717) is 0 Å². The van der Waals surface area contributed by atoms with E-state index in [2.05, 4.69) is 31.2 Å². The molecule has 0 spiro atoms. The van der Waals surface area contributed by atoms with Crippen LogP contribution < -0.4 is 5.73 Å². The van der Waals surface area contributed by atoms with Crippen LogP contribution in [0.15, 0.2) is 24.3 Å². The summed E-state index contributed by atoms with van der Waals surface area (Å²) < 4.78 is 0. The summed E-state index contributed by atoms with van der Waals surface area (Å²) >= 11 is 1.93. The molecular formula is C12H19NS. The molecule has 0 aliphatic carbocycles. The van der Waals surface area contributed by atoms with Crippen molar-refractivity contribution >= 4 is 11.8 Å². The second-order valence-electron chi connectivity index (χ2n) is 3.32. The molecule has 0 atom stereocenters. The van der Waals surface area contributed by atoms with Crippen LogP contribution in [0.1, 0.15) is 18.1 Å². The zero-order chi connectivity index (χ0) is 10.2. The summed E-state index contributed by atoms with van der Waals surface area (Å²) in [6.07, 6.45) is 2.29. The molecule has 1 rings (SSSR count). The molecule has 0 aliphatic heterocycles. The zero-order valence-corrected chi connectivity index (χ0v) is 9.65. The third-order valence-corrected chi connectivity index (χ3v) is 3.25. The van der Waals surface area contributed by atoms with Crippen molar-refractivity contribution in [1.82, 2.24) is 0 Å². The summed E-state index contributed by atoms with van der Waals surface area (Å²) in [5, 5.41) is 0. The second kappa shape index (κ2) is 6.91. The van der Waals surface area contributed by atoms with Gasteiger partial charge in [0, 0.05) is 12.3 Å². The van der Waals surface area contributed by atoms with E-state index in [1.165, 1.54) is 16.9 Å². The molecule has 1 nitrogen and oxygen atoms in total. The molecule has 0 radical (unpaired) electrons. The van der Waals surface area contributed by atoms with Crippen LogP contribution in [0.5, 0.6) is 0 Å². The molecule has 0 aromatic heterocycles. The first-order valence-electron chi connectivity index (χ1n) is 5.22. The number of hydrogen-bond acceptors (Lipinski definition) is 2. The van der Waals surface area contributed by atoms with E-state index < -0.39 is 0 Å². The monoisotopic (exact) mass is 209 g/mol. The fraction of sp³-hybridized carbons (Fsp3) is 0.500. The molecule has 0 saturated heterocycles. The van der Waals surface area contributed by atoms with Crippen molar-refractivity contribution < 1.29 is 0 Å². The predicted molar refractivity (Wildman–Crippen MR) is 65.9 cm³/mol. The van der Waals surface area contributed by atoms with Crippen molar-refractivity contribution in [2.75, 3.05) is 18.1 Å². The Kier molecular flexibility index (Phi) is 5.72. The average Bonchev–Trinajstić information content (AvgIpc) is 2.25. The molecule has 1 aromatic carbocycles. The van der Waals surface area contributed by atoms with Crippen molar-refractivity contribution in [1.29, 1.82) is 0 Å². The highest BCUT2D eigenvalue weighted by atomic mass is 32.2. The van der Waals surface area contributed by atoms with Crippen LogP contribution in [0.25, 0.3) is 0 Å². The van der Waals surface area contributed by atoms with Gasteiger partial charge in [0.15, 0.2) is 0 Å². The third kappa shape index (κ3) is 4.16. The molecule has 0 aliphatic rings. The Bertz CT molecular complexity index is 243. The number of benzene rings is 1. The Balaban J connectivity index is 2.29. The molecule has 2 heteroatoms. The lowest BCUT2D eigenvalue weighted by atomic mass is 10.1. The van der Waals surface area contributed by atoms with Gasteiger partial charge >= 0.3 is 0 Å². The molecular weight excluding hydrogens is 190 g/mol. The maximum Gasteiger partial charge on any atom is 0.00559 e. The van der Waals surface area contributed by atoms with Crippen molar-refractivity contribution in [2.24, 2.45) is 5.73 Å². The van der Waals surface area contributed by atoms with Gasteiger partial charge in [0.2, 0.25) is 0 Å². The van der Waals surface area contributed by atoms with Crippen LogP contribution in [0, 0.1) is 0 Å². The highest BCUT2D eigenvalue weighted by Gasteiger charge is 1.93. The summed E-state index contributed by atoms with van der Waals surface area (Å²) in [6, 6.07) is 8.93. The van der Waals surface area contributed by atoms with E-state index in [-0.39, 0.29) is 0 Å². The number of aryl methyl sites for hydroxylation is 2. The lowest BCUT2D eigenvalue weighted by molar-refractivity contribution is 1.10. The molecule has 0 bridgehead atoms. The van der Waals surface area contributed by atoms with Gasteiger partial charge in [-0.3, -0.25) is 0 Å². The molecule has 78 valence electrons. The number of rotatable bonds is 6. The highest BCUT2D eigenvalue weighted by Crippen LogP contribution is 2.08. The Hall–Kier alpha value is -0.470. The molecule has 14 heavy (non-hydrogen) atoms. The van der Waals surface area contributed by atoms with Gasteiger partial charge in [0.1, 0.15) is 0 Å². The van der Waals surface area contributed by atoms with Gasteiger partial charge in [-0.15, -0.1) is 0 Å². The van der Waals surface area contributed by atoms with E-state index in [9.17, 15) is 0 Å². The summed E-state index contributed by atoms with van der Waals surface area (Å²) in [6.45, 7) is 2.98. The Labute approximate surface area is 91.1 Å². The maximum absolute atomic E-state index is 5.43. The summed E-state index contributed by atoms with van der Waals surface area (Å²) in [7, 11) is 0. The molecule has 1 aromatic rings. The van der Waals surface area contributed by atoms with Crippen LogP contribution >= 0.6 is 11.8 Å². The fourth-order valence-electron chi connectivity index (χ4n) is 1.32. The quantitative estimate of drug-likeness (QED) is 0.728. The standard InChI is InChI=1S/C12H19NS/c1-2-11-3-5-12(6-4-11)7-9-14-10-8-13/h3-6H,2,7-10,13H2,1H3. The first-order chi connectivity index (χ1) is 6.86. The van der Waals surface area contributed by atoms with Gasteiger partial charge in [0.05, 0.1) is 0 Å². The van der Waals surface area contributed by atoms with E-state index in [4.69, 9.17) is 5.73 Å². The average molecular weight is 209 g/mol. The number of nitrogens with two attached hydrogens (primary N) is 1. The first kappa shape index (κ1) is 11.6. The smallest absolute Gasteiger partial charge is 0.00559 e. The van der Waals surface area contributed by atoms with Gasteiger partial charge in [-0.05, 0) is 29.7 Å².